The summed E-state index contributed by atoms with van der Waals surface area (Å²) in [5.74, 6) is -0.201. The van der Waals surface area contributed by atoms with Gasteiger partial charge in [0, 0.05) is 30.9 Å². The molecule has 2 rings (SSSR count). The third kappa shape index (κ3) is 2.71. The van der Waals surface area contributed by atoms with Crippen LogP contribution in [0.15, 0.2) is 18.2 Å². The number of nitrogens with two attached hydrogens (primary N) is 1. The van der Waals surface area contributed by atoms with Crippen LogP contribution < -0.4 is 5.73 Å². The highest BCUT2D eigenvalue weighted by atomic mass is 19.1. The number of hydrogen-bond acceptors (Lipinski definition) is 3. The molecule has 0 spiro atoms. The van der Waals surface area contributed by atoms with Crippen molar-refractivity contribution in [2.24, 2.45) is 0 Å². The number of ether oxygens (including phenoxy) is 1. The third-order valence-corrected chi connectivity index (χ3v) is 2.94. The standard InChI is InChI=1S/C12H17FN2O/c13-11-2-1-3-12(14)10(11)4-5-15-6-8-16-9-7-15/h1-3H,4-9,14H2. The summed E-state index contributed by atoms with van der Waals surface area (Å²) in [5.41, 5.74) is 6.94. The molecule has 1 aliphatic heterocycles. The van der Waals surface area contributed by atoms with Crippen LogP contribution in [0.3, 0.4) is 0 Å². The predicted octanol–water partition coefficient (Wildman–Crippen LogP) is 1.28. The van der Waals surface area contributed by atoms with Gasteiger partial charge in [0.1, 0.15) is 5.82 Å². The number of hydrogen-bond donors (Lipinski definition) is 1. The van der Waals surface area contributed by atoms with Crippen LogP contribution in [-0.4, -0.2) is 37.7 Å². The first kappa shape index (κ1) is 11.4. The van der Waals surface area contributed by atoms with Crippen LogP contribution >= 0.6 is 0 Å². The van der Waals surface area contributed by atoms with Crippen molar-refractivity contribution >= 4 is 5.69 Å². The van der Waals surface area contributed by atoms with Gasteiger partial charge in [0.25, 0.3) is 0 Å². The van der Waals surface area contributed by atoms with E-state index in [-0.39, 0.29) is 5.82 Å². The normalized spacial score (nSPS) is 17.6. The van der Waals surface area contributed by atoms with Gasteiger partial charge in [-0.2, -0.15) is 0 Å². The Hall–Kier alpha value is -1.13. The van der Waals surface area contributed by atoms with Gasteiger partial charge in [-0.15, -0.1) is 0 Å². The number of nitrogens with zero attached hydrogens (tertiary/aromatic N) is 1. The van der Waals surface area contributed by atoms with E-state index in [0.717, 1.165) is 32.8 Å². The Morgan fingerprint density at radius 1 is 1.31 bits per heavy atom. The molecule has 1 aromatic carbocycles. The summed E-state index contributed by atoms with van der Waals surface area (Å²) in [6.07, 6.45) is 0.665. The summed E-state index contributed by atoms with van der Waals surface area (Å²) in [6.45, 7) is 4.23. The van der Waals surface area contributed by atoms with Crippen molar-refractivity contribution in [1.82, 2.24) is 4.90 Å². The maximum absolute atomic E-state index is 13.5. The molecule has 1 aromatic rings. The molecule has 1 fully saturated rings. The number of rotatable bonds is 3. The molecular weight excluding hydrogens is 207 g/mol. The molecular formula is C12H17FN2O. The number of morpholine rings is 1. The van der Waals surface area contributed by atoms with Crippen LogP contribution in [0.5, 0.6) is 0 Å². The molecule has 0 saturated carbocycles. The minimum absolute atomic E-state index is 0.201. The predicted molar refractivity (Wildman–Crippen MR) is 61.8 cm³/mol. The van der Waals surface area contributed by atoms with Crippen LogP contribution in [0.25, 0.3) is 0 Å². The van der Waals surface area contributed by atoms with Crippen LogP contribution in [0.2, 0.25) is 0 Å². The number of halogens is 1. The molecule has 1 heterocycles. The Kier molecular flexibility index (Phi) is 3.74. The van der Waals surface area contributed by atoms with E-state index in [0.29, 0.717) is 17.7 Å². The molecule has 0 bridgehead atoms. The second-order valence-electron chi connectivity index (χ2n) is 4.01. The molecule has 0 radical (unpaired) electrons. The molecule has 0 unspecified atom stereocenters. The summed E-state index contributed by atoms with van der Waals surface area (Å²) in [6, 6.07) is 4.85. The average molecular weight is 224 g/mol. The summed E-state index contributed by atoms with van der Waals surface area (Å²) < 4.78 is 18.7. The number of nitrogen functional groups attached to an aromatic ring is 1. The molecule has 16 heavy (non-hydrogen) atoms. The fourth-order valence-electron chi connectivity index (χ4n) is 1.93. The van der Waals surface area contributed by atoms with E-state index in [9.17, 15) is 4.39 Å². The van der Waals surface area contributed by atoms with Gasteiger partial charge in [0.05, 0.1) is 13.2 Å². The fraction of sp³-hybridized carbons (Fsp3) is 0.500. The highest BCUT2D eigenvalue weighted by molar-refractivity contribution is 5.47. The van der Waals surface area contributed by atoms with Gasteiger partial charge in [-0.1, -0.05) is 6.07 Å². The van der Waals surface area contributed by atoms with E-state index < -0.39 is 0 Å². The van der Waals surface area contributed by atoms with Gasteiger partial charge in [-0.3, -0.25) is 4.90 Å². The maximum Gasteiger partial charge on any atom is 0.128 e. The van der Waals surface area contributed by atoms with E-state index in [2.05, 4.69) is 4.90 Å². The maximum atomic E-state index is 13.5. The quantitative estimate of drug-likeness (QED) is 0.786. The van der Waals surface area contributed by atoms with E-state index in [4.69, 9.17) is 10.5 Å². The van der Waals surface area contributed by atoms with E-state index >= 15 is 0 Å². The SMILES string of the molecule is Nc1cccc(F)c1CCN1CCOCC1. The van der Waals surface area contributed by atoms with Gasteiger partial charge in [0.15, 0.2) is 0 Å². The van der Waals surface area contributed by atoms with E-state index in [1.54, 1.807) is 12.1 Å². The topological polar surface area (TPSA) is 38.5 Å². The lowest BCUT2D eigenvalue weighted by molar-refractivity contribution is 0.0384. The smallest absolute Gasteiger partial charge is 0.128 e. The highest BCUT2D eigenvalue weighted by Gasteiger charge is 2.12. The summed E-state index contributed by atoms with van der Waals surface area (Å²) in [4.78, 5) is 2.27. The largest absolute Gasteiger partial charge is 0.398 e. The van der Waals surface area contributed by atoms with Crippen LogP contribution in [0, 0.1) is 5.82 Å². The van der Waals surface area contributed by atoms with Crippen molar-refractivity contribution in [2.75, 3.05) is 38.6 Å². The molecule has 4 heteroatoms. The summed E-state index contributed by atoms with van der Waals surface area (Å²) >= 11 is 0. The summed E-state index contributed by atoms with van der Waals surface area (Å²) in [5, 5.41) is 0. The Morgan fingerprint density at radius 2 is 2.06 bits per heavy atom. The first-order valence-corrected chi connectivity index (χ1v) is 5.60. The molecule has 1 aliphatic rings. The van der Waals surface area contributed by atoms with Crippen LogP contribution in [0.1, 0.15) is 5.56 Å². The molecule has 0 amide bonds. The van der Waals surface area contributed by atoms with Crippen molar-refractivity contribution in [3.8, 4) is 0 Å². The van der Waals surface area contributed by atoms with Crippen molar-refractivity contribution in [2.45, 2.75) is 6.42 Å². The number of anilines is 1. The van der Waals surface area contributed by atoms with Gasteiger partial charge < -0.3 is 10.5 Å². The highest BCUT2D eigenvalue weighted by Crippen LogP contribution is 2.16. The second kappa shape index (κ2) is 5.27. The molecule has 0 aromatic heterocycles. The minimum atomic E-state index is -0.201. The minimum Gasteiger partial charge on any atom is -0.398 e. The molecule has 0 atom stereocenters. The molecule has 1 saturated heterocycles. The first-order chi connectivity index (χ1) is 7.77. The van der Waals surface area contributed by atoms with Gasteiger partial charge >= 0.3 is 0 Å². The molecule has 3 nitrogen and oxygen atoms in total. The zero-order valence-corrected chi connectivity index (χ0v) is 9.29. The van der Waals surface area contributed by atoms with Crippen LogP contribution in [0.4, 0.5) is 10.1 Å². The zero-order valence-electron chi connectivity index (χ0n) is 9.29. The lowest BCUT2D eigenvalue weighted by atomic mass is 10.1. The van der Waals surface area contributed by atoms with Gasteiger partial charge in [-0.05, 0) is 18.6 Å². The first-order valence-electron chi connectivity index (χ1n) is 5.60. The third-order valence-electron chi connectivity index (χ3n) is 2.94. The number of benzene rings is 1. The summed E-state index contributed by atoms with van der Waals surface area (Å²) in [7, 11) is 0. The monoisotopic (exact) mass is 224 g/mol. The van der Waals surface area contributed by atoms with Gasteiger partial charge in [0.2, 0.25) is 0 Å². The second-order valence-corrected chi connectivity index (χ2v) is 4.01. The zero-order chi connectivity index (χ0) is 11.4. The van der Waals surface area contributed by atoms with Crippen molar-refractivity contribution < 1.29 is 9.13 Å². The Labute approximate surface area is 95.0 Å². The molecule has 88 valence electrons. The Bertz CT molecular complexity index is 331. The van der Waals surface area contributed by atoms with Crippen molar-refractivity contribution in [3.63, 3.8) is 0 Å². The van der Waals surface area contributed by atoms with Crippen LogP contribution in [-0.2, 0) is 11.2 Å². The molecule has 2 N–H and O–H groups in total. The van der Waals surface area contributed by atoms with Crippen molar-refractivity contribution in [1.29, 1.82) is 0 Å². The fourth-order valence-corrected chi connectivity index (χ4v) is 1.93. The van der Waals surface area contributed by atoms with Gasteiger partial charge in [-0.25, -0.2) is 4.39 Å². The lowest BCUT2D eigenvalue weighted by Gasteiger charge is -2.26. The van der Waals surface area contributed by atoms with E-state index in [1.807, 2.05) is 0 Å². The molecule has 0 aliphatic carbocycles. The van der Waals surface area contributed by atoms with Crippen molar-refractivity contribution in [3.05, 3.63) is 29.6 Å². The Balaban J connectivity index is 1.93. The Morgan fingerprint density at radius 3 is 2.75 bits per heavy atom. The average Bonchev–Trinajstić information content (AvgIpc) is 2.30. The lowest BCUT2D eigenvalue weighted by Crippen LogP contribution is -2.37. The van der Waals surface area contributed by atoms with E-state index in [1.165, 1.54) is 6.07 Å².